The minimum absolute atomic E-state index is 0.0921. The lowest BCUT2D eigenvalue weighted by Gasteiger charge is -2.18. The van der Waals surface area contributed by atoms with E-state index in [1.165, 1.54) is 0 Å². The lowest BCUT2D eigenvalue weighted by atomic mass is 9.96. The molecule has 1 atom stereocenters. The maximum absolute atomic E-state index is 12.1. The van der Waals surface area contributed by atoms with Crippen molar-refractivity contribution in [2.45, 2.75) is 12.3 Å². The normalized spacial score (nSPS) is 11.6. The number of nitrogens with zero attached hydrogens (tertiary/aromatic N) is 1. The largest absolute Gasteiger partial charge is 0.396 e. The van der Waals surface area contributed by atoms with E-state index in [9.17, 15) is 9.90 Å². The molecule has 2 aromatic rings. The SMILES string of the molecule is CN(C)c1ccc(NC(=O)NCC(CCO)c2ccccc2)cc1. The molecule has 2 aromatic carbocycles. The minimum atomic E-state index is -0.244. The smallest absolute Gasteiger partial charge is 0.319 e. The molecule has 0 saturated heterocycles. The molecule has 0 aliphatic carbocycles. The maximum Gasteiger partial charge on any atom is 0.319 e. The number of carbonyl (C=O) groups excluding carboxylic acids is 1. The predicted octanol–water partition coefficient (Wildman–Crippen LogP) is 3.04. The molecule has 0 bridgehead atoms. The quantitative estimate of drug-likeness (QED) is 0.732. The van der Waals surface area contributed by atoms with E-state index in [0.29, 0.717) is 13.0 Å². The minimum Gasteiger partial charge on any atom is -0.396 e. The molecule has 5 nitrogen and oxygen atoms in total. The van der Waals surface area contributed by atoms with Crippen molar-refractivity contribution in [3.8, 4) is 0 Å². The van der Waals surface area contributed by atoms with E-state index in [-0.39, 0.29) is 18.6 Å². The Hall–Kier alpha value is -2.53. The Bertz CT molecular complexity index is 627. The molecule has 0 spiro atoms. The second-order valence-corrected chi connectivity index (χ2v) is 5.90. The zero-order valence-electron chi connectivity index (χ0n) is 14.2. The van der Waals surface area contributed by atoms with Crippen molar-refractivity contribution in [3.05, 3.63) is 60.2 Å². The number of aliphatic hydroxyl groups excluding tert-OH is 1. The van der Waals surface area contributed by atoms with Crippen LogP contribution >= 0.6 is 0 Å². The molecule has 128 valence electrons. The first-order chi connectivity index (χ1) is 11.6. The molecule has 0 saturated carbocycles. The average molecular weight is 327 g/mol. The summed E-state index contributed by atoms with van der Waals surface area (Å²) in [5.74, 6) is 0.0954. The van der Waals surface area contributed by atoms with E-state index in [1.54, 1.807) is 0 Å². The third kappa shape index (κ3) is 5.28. The zero-order valence-corrected chi connectivity index (χ0v) is 14.2. The lowest BCUT2D eigenvalue weighted by molar-refractivity contribution is 0.248. The number of hydrogen-bond donors (Lipinski definition) is 3. The van der Waals surface area contributed by atoms with Crippen LogP contribution in [0.1, 0.15) is 17.9 Å². The standard InChI is InChI=1S/C19H25N3O2/c1-22(2)18-10-8-17(9-11-18)21-19(24)20-14-16(12-13-23)15-6-4-3-5-7-15/h3-11,16,23H,12-14H2,1-2H3,(H2,20,21,24). The Balaban J connectivity index is 1.89. The first-order valence-corrected chi connectivity index (χ1v) is 8.08. The van der Waals surface area contributed by atoms with E-state index in [0.717, 1.165) is 16.9 Å². The topological polar surface area (TPSA) is 64.6 Å². The monoisotopic (exact) mass is 327 g/mol. The zero-order chi connectivity index (χ0) is 17.4. The van der Waals surface area contributed by atoms with E-state index in [4.69, 9.17) is 0 Å². The fourth-order valence-electron chi connectivity index (χ4n) is 2.50. The van der Waals surface area contributed by atoms with Crippen LogP contribution in [0.4, 0.5) is 16.2 Å². The highest BCUT2D eigenvalue weighted by molar-refractivity contribution is 5.89. The lowest BCUT2D eigenvalue weighted by Crippen LogP contribution is -2.32. The molecule has 0 radical (unpaired) electrons. The van der Waals surface area contributed by atoms with Gasteiger partial charge in [-0.25, -0.2) is 4.79 Å². The van der Waals surface area contributed by atoms with E-state index in [2.05, 4.69) is 10.6 Å². The summed E-state index contributed by atoms with van der Waals surface area (Å²) in [6.07, 6.45) is 0.613. The van der Waals surface area contributed by atoms with Gasteiger partial charge in [0, 0.05) is 44.5 Å². The van der Waals surface area contributed by atoms with Crippen molar-refractivity contribution in [2.24, 2.45) is 0 Å². The molecule has 0 aliphatic rings. The van der Waals surface area contributed by atoms with Gasteiger partial charge in [-0.3, -0.25) is 0 Å². The van der Waals surface area contributed by atoms with E-state index in [1.807, 2.05) is 73.6 Å². The Kier molecular flexibility index (Phi) is 6.63. The Labute approximate surface area is 143 Å². The first-order valence-electron chi connectivity index (χ1n) is 8.08. The Morgan fingerprint density at radius 1 is 1.08 bits per heavy atom. The second kappa shape index (κ2) is 8.93. The summed E-state index contributed by atoms with van der Waals surface area (Å²) in [6, 6.07) is 17.3. The van der Waals surface area contributed by atoms with Crippen LogP contribution in [0.25, 0.3) is 0 Å². The molecule has 24 heavy (non-hydrogen) atoms. The predicted molar refractivity (Wildman–Crippen MR) is 98.7 cm³/mol. The molecule has 3 N–H and O–H groups in total. The number of aliphatic hydroxyl groups is 1. The van der Waals surface area contributed by atoms with Crippen LogP contribution in [0.3, 0.4) is 0 Å². The average Bonchev–Trinajstić information content (AvgIpc) is 2.60. The number of rotatable bonds is 7. The third-order valence-corrected chi connectivity index (χ3v) is 3.90. The Morgan fingerprint density at radius 2 is 1.75 bits per heavy atom. The van der Waals surface area contributed by atoms with Gasteiger partial charge in [-0.05, 0) is 36.2 Å². The molecule has 1 unspecified atom stereocenters. The van der Waals surface area contributed by atoms with Gasteiger partial charge in [0.25, 0.3) is 0 Å². The third-order valence-electron chi connectivity index (χ3n) is 3.90. The van der Waals surface area contributed by atoms with Gasteiger partial charge in [0.2, 0.25) is 0 Å². The summed E-state index contributed by atoms with van der Waals surface area (Å²) < 4.78 is 0. The highest BCUT2D eigenvalue weighted by atomic mass is 16.3. The van der Waals surface area contributed by atoms with Gasteiger partial charge in [-0.1, -0.05) is 30.3 Å². The summed E-state index contributed by atoms with van der Waals surface area (Å²) >= 11 is 0. The summed E-state index contributed by atoms with van der Waals surface area (Å²) in [5, 5.41) is 14.9. The first kappa shape index (κ1) is 17.8. The molecule has 0 heterocycles. The molecule has 0 aromatic heterocycles. The van der Waals surface area contributed by atoms with Crippen molar-refractivity contribution in [1.29, 1.82) is 0 Å². The number of amides is 2. The van der Waals surface area contributed by atoms with Crippen LogP contribution in [-0.2, 0) is 0 Å². The van der Waals surface area contributed by atoms with Crippen LogP contribution in [-0.4, -0.2) is 38.4 Å². The number of urea groups is 1. The Morgan fingerprint density at radius 3 is 2.33 bits per heavy atom. The molecule has 0 aliphatic heterocycles. The number of hydrogen-bond acceptors (Lipinski definition) is 3. The van der Waals surface area contributed by atoms with Crippen molar-refractivity contribution < 1.29 is 9.90 Å². The van der Waals surface area contributed by atoms with Crippen LogP contribution in [0, 0.1) is 0 Å². The highest BCUT2D eigenvalue weighted by Gasteiger charge is 2.12. The number of carbonyl (C=O) groups is 1. The molecule has 2 rings (SSSR count). The molecular formula is C19H25N3O2. The van der Waals surface area contributed by atoms with Gasteiger partial charge >= 0.3 is 6.03 Å². The van der Waals surface area contributed by atoms with E-state index < -0.39 is 0 Å². The molecular weight excluding hydrogens is 302 g/mol. The van der Waals surface area contributed by atoms with Crippen molar-refractivity contribution in [2.75, 3.05) is 37.5 Å². The van der Waals surface area contributed by atoms with Crippen LogP contribution < -0.4 is 15.5 Å². The summed E-state index contributed by atoms with van der Waals surface area (Å²) in [4.78, 5) is 14.1. The summed E-state index contributed by atoms with van der Waals surface area (Å²) in [7, 11) is 3.94. The van der Waals surface area contributed by atoms with Gasteiger partial charge in [-0.2, -0.15) is 0 Å². The highest BCUT2D eigenvalue weighted by Crippen LogP contribution is 2.18. The van der Waals surface area contributed by atoms with E-state index >= 15 is 0 Å². The summed E-state index contributed by atoms with van der Waals surface area (Å²) in [5.41, 5.74) is 2.94. The van der Waals surface area contributed by atoms with Gasteiger partial charge < -0.3 is 20.6 Å². The second-order valence-electron chi connectivity index (χ2n) is 5.90. The fourth-order valence-corrected chi connectivity index (χ4v) is 2.50. The molecule has 5 heteroatoms. The number of anilines is 2. The van der Waals surface area contributed by atoms with Crippen LogP contribution in [0.15, 0.2) is 54.6 Å². The van der Waals surface area contributed by atoms with Gasteiger partial charge in [0.15, 0.2) is 0 Å². The van der Waals surface area contributed by atoms with Crippen LogP contribution in [0.5, 0.6) is 0 Å². The molecule has 0 fully saturated rings. The number of benzene rings is 2. The number of nitrogens with one attached hydrogen (secondary N) is 2. The summed E-state index contributed by atoms with van der Waals surface area (Å²) in [6.45, 7) is 0.570. The van der Waals surface area contributed by atoms with Crippen LogP contribution in [0.2, 0.25) is 0 Å². The van der Waals surface area contributed by atoms with Crippen molar-refractivity contribution >= 4 is 17.4 Å². The molecule has 2 amide bonds. The van der Waals surface area contributed by atoms with Gasteiger partial charge in [0.05, 0.1) is 0 Å². The van der Waals surface area contributed by atoms with Gasteiger partial charge in [0.1, 0.15) is 0 Å². The fraction of sp³-hybridized carbons (Fsp3) is 0.316. The van der Waals surface area contributed by atoms with Gasteiger partial charge in [-0.15, -0.1) is 0 Å². The van der Waals surface area contributed by atoms with Crippen molar-refractivity contribution in [1.82, 2.24) is 5.32 Å². The maximum atomic E-state index is 12.1. The van der Waals surface area contributed by atoms with Crippen molar-refractivity contribution in [3.63, 3.8) is 0 Å².